The van der Waals surface area contributed by atoms with Gasteiger partial charge in [0.1, 0.15) is 11.5 Å². The van der Waals surface area contributed by atoms with Crippen LogP contribution < -0.4 is 4.74 Å². The molecule has 0 bridgehead atoms. The SMILES string of the molecule is CCOc1ccc(CC(=O)O)c(C(Br)C(C)=O)c1. The lowest BCUT2D eigenvalue weighted by atomic mass is 10.00. The first-order valence-corrected chi connectivity index (χ1v) is 6.49. The Morgan fingerprint density at radius 2 is 2.11 bits per heavy atom. The van der Waals surface area contributed by atoms with Crippen molar-refractivity contribution < 1.29 is 19.4 Å². The number of carbonyl (C=O) groups excluding carboxylic acids is 1. The van der Waals surface area contributed by atoms with Gasteiger partial charge >= 0.3 is 5.97 Å². The quantitative estimate of drug-likeness (QED) is 0.820. The molecule has 1 unspecified atom stereocenters. The summed E-state index contributed by atoms with van der Waals surface area (Å²) < 4.78 is 5.36. The zero-order valence-corrected chi connectivity index (χ0v) is 11.9. The van der Waals surface area contributed by atoms with Crippen molar-refractivity contribution in [3.8, 4) is 5.75 Å². The summed E-state index contributed by atoms with van der Waals surface area (Å²) in [6.45, 7) is 3.84. The first-order chi connectivity index (χ1) is 8.45. The lowest BCUT2D eigenvalue weighted by Gasteiger charge is -2.14. The Morgan fingerprint density at radius 1 is 1.44 bits per heavy atom. The number of rotatable bonds is 6. The van der Waals surface area contributed by atoms with Gasteiger partial charge in [0.15, 0.2) is 0 Å². The average Bonchev–Trinajstić information content (AvgIpc) is 2.29. The molecular formula is C13H15BrO4. The zero-order valence-electron chi connectivity index (χ0n) is 10.3. The van der Waals surface area contributed by atoms with Gasteiger partial charge in [0.05, 0.1) is 17.9 Å². The smallest absolute Gasteiger partial charge is 0.307 e. The predicted molar refractivity (Wildman–Crippen MR) is 71.3 cm³/mol. The number of ether oxygens (including phenoxy) is 1. The Morgan fingerprint density at radius 3 is 2.61 bits per heavy atom. The second-order valence-corrected chi connectivity index (χ2v) is 4.75. The lowest BCUT2D eigenvalue weighted by Crippen LogP contribution is -2.09. The summed E-state index contributed by atoms with van der Waals surface area (Å²) in [6.07, 6.45) is -0.114. The first kappa shape index (κ1) is 14.7. The van der Waals surface area contributed by atoms with Crippen LogP contribution in [-0.4, -0.2) is 23.5 Å². The third-order valence-corrected chi connectivity index (χ3v) is 3.54. The molecule has 5 heteroatoms. The number of carboxylic acids is 1. The third kappa shape index (κ3) is 3.84. The minimum Gasteiger partial charge on any atom is -0.494 e. The van der Waals surface area contributed by atoms with Gasteiger partial charge in [-0.05, 0) is 37.1 Å². The number of Topliss-reactive ketones (excluding diaryl/α,β-unsaturated/α-hetero) is 1. The fraction of sp³-hybridized carbons (Fsp3) is 0.385. The number of alkyl halides is 1. The van der Waals surface area contributed by atoms with Crippen molar-refractivity contribution in [2.24, 2.45) is 0 Å². The predicted octanol–water partition coefficient (Wildman–Crippen LogP) is 2.74. The molecular weight excluding hydrogens is 300 g/mol. The second-order valence-electron chi connectivity index (χ2n) is 3.84. The van der Waals surface area contributed by atoms with Gasteiger partial charge < -0.3 is 9.84 Å². The molecule has 18 heavy (non-hydrogen) atoms. The molecule has 0 saturated carbocycles. The van der Waals surface area contributed by atoms with Crippen LogP contribution in [0, 0.1) is 0 Å². The first-order valence-electron chi connectivity index (χ1n) is 5.57. The highest BCUT2D eigenvalue weighted by Crippen LogP contribution is 2.30. The lowest BCUT2D eigenvalue weighted by molar-refractivity contribution is -0.136. The van der Waals surface area contributed by atoms with Crippen LogP contribution in [0.2, 0.25) is 0 Å². The molecule has 1 aromatic carbocycles. The van der Waals surface area contributed by atoms with Crippen LogP contribution in [0.15, 0.2) is 18.2 Å². The van der Waals surface area contributed by atoms with E-state index in [1.165, 1.54) is 6.92 Å². The van der Waals surface area contributed by atoms with E-state index >= 15 is 0 Å². The van der Waals surface area contributed by atoms with Crippen LogP contribution in [0.25, 0.3) is 0 Å². The molecule has 1 atom stereocenters. The maximum absolute atomic E-state index is 11.4. The van der Waals surface area contributed by atoms with E-state index in [1.54, 1.807) is 18.2 Å². The van der Waals surface area contributed by atoms with Crippen LogP contribution in [0.1, 0.15) is 29.8 Å². The van der Waals surface area contributed by atoms with Gasteiger partial charge in [-0.15, -0.1) is 0 Å². The molecule has 0 spiro atoms. The topological polar surface area (TPSA) is 63.6 Å². The minimum absolute atomic E-state index is 0.0738. The summed E-state index contributed by atoms with van der Waals surface area (Å²) in [6, 6.07) is 5.11. The molecule has 0 amide bonds. The number of halogens is 1. The van der Waals surface area contributed by atoms with Crippen LogP contribution in [0.4, 0.5) is 0 Å². The summed E-state index contributed by atoms with van der Waals surface area (Å²) in [5.41, 5.74) is 1.26. The molecule has 0 heterocycles. The molecule has 1 rings (SSSR count). The molecule has 0 aliphatic heterocycles. The van der Waals surface area contributed by atoms with Crippen LogP contribution >= 0.6 is 15.9 Å². The molecule has 1 N–H and O–H groups in total. The average molecular weight is 315 g/mol. The summed E-state index contributed by atoms with van der Waals surface area (Å²) in [7, 11) is 0. The van der Waals surface area contributed by atoms with E-state index in [0.717, 1.165) is 0 Å². The monoisotopic (exact) mass is 314 g/mol. The van der Waals surface area contributed by atoms with E-state index in [2.05, 4.69) is 15.9 Å². The molecule has 0 aliphatic rings. The van der Waals surface area contributed by atoms with Gasteiger partial charge in [0, 0.05) is 0 Å². The molecule has 0 fully saturated rings. The zero-order chi connectivity index (χ0) is 13.7. The molecule has 0 aliphatic carbocycles. The molecule has 0 aromatic heterocycles. The van der Waals surface area contributed by atoms with Gasteiger partial charge in [-0.3, -0.25) is 9.59 Å². The molecule has 98 valence electrons. The Bertz CT molecular complexity index is 456. The normalized spacial score (nSPS) is 11.9. The van der Waals surface area contributed by atoms with E-state index < -0.39 is 10.8 Å². The standard InChI is InChI=1S/C13H15BrO4/c1-3-18-10-5-4-9(6-12(16)17)11(7-10)13(14)8(2)15/h4-5,7,13H,3,6H2,1-2H3,(H,16,17). The van der Waals surface area contributed by atoms with E-state index in [1.807, 2.05) is 6.92 Å². The van der Waals surface area contributed by atoms with Gasteiger partial charge in [-0.2, -0.15) is 0 Å². The van der Waals surface area contributed by atoms with E-state index in [9.17, 15) is 9.59 Å². The number of benzene rings is 1. The largest absolute Gasteiger partial charge is 0.494 e. The van der Waals surface area contributed by atoms with E-state index in [0.29, 0.717) is 23.5 Å². The number of ketones is 1. The fourth-order valence-corrected chi connectivity index (χ4v) is 2.03. The number of carboxylic acid groups (broad SMARTS) is 1. The number of carbonyl (C=O) groups is 2. The van der Waals surface area contributed by atoms with Crippen molar-refractivity contribution in [1.29, 1.82) is 0 Å². The minimum atomic E-state index is -0.927. The molecule has 1 aromatic rings. The van der Waals surface area contributed by atoms with Gasteiger partial charge in [0.25, 0.3) is 0 Å². The van der Waals surface area contributed by atoms with E-state index in [-0.39, 0.29) is 12.2 Å². The Hall–Kier alpha value is -1.36. The highest BCUT2D eigenvalue weighted by molar-refractivity contribution is 9.09. The number of aliphatic carboxylic acids is 1. The van der Waals surface area contributed by atoms with Crippen molar-refractivity contribution in [2.45, 2.75) is 25.1 Å². The molecule has 0 radical (unpaired) electrons. The summed E-state index contributed by atoms with van der Waals surface area (Å²) in [5, 5.41) is 8.85. The van der Waals surface area contributed by atoms with Crippen molar-refractivity contribution in [3.05, 3.63) is 29.3 Å². The van der Waals surface area contributed by atoms with Crippen LogP contribution in [0.5, 0.6) is 5.75 Å². The second kappa shape index (κ2) is 6.54. The van der Waals surface area contributed by atoms with Crippen molar-refractivity contribution in [1.82, 2.24) is 0 Å². The van der Waals surface area contributed by atoms with Crippen molar-refractivity contribution >= 4 is 27.7 Å². The summed E-state index contributed by atoms with van der Waals surface area (Å²) in [4.78, 5) is 21.7. The summed E-state index contributed by atoms with van der Waals surface area (Å²) in [5.74, 6) is -0.369. The van der Waals surface area contributed by atoms with Crippen molar-refractivity contribution in [3.63, 3.8) is 0 Å². The fourth-order valence-electron chi connectivity index (χ4n) is 1.61. The molecule has 4 nitrogen and oxygen atoms in total. The molecule has 0 saturated heterocycles. The Balaban J connectivity index is 3.16. The number of hydrogen-bond donors (Lipinski definition) is 1. The Kier molecular flexibility index (Phi) is 5.34. The van der Waals surface area contributed by atoms with Gasteiger partial charge in [-0.1, -0.05) is 22.0 Å². The van der Waals surface area contributed by atoms with E-state index in [4.69, 9.17) is 9.84 Å². The number of hydrogen-bond acceptors (Lipinski definition) is 3. The van der Waals surface area contributed by atoms with Gasteiger partial charge in [-0.25, -0.2) is 0 Å². The third-order valence-electron chi connectivity index (χ3n) is 2.40. The highest BCUT2D eigenvalue weighted by Gasteiger charge is 2.18. The maximum atomic E-state index is 11.4. The van der Waals surface area contributed by atoms with Gasteiger partial charge in [0.2, 0.25) is 0 Å². The summed E-state index contributed by atoms with van der Waals surface area (Å²) >= 11 is 3.28. The Labute approximate surface area is 114 Å². The van der Waals surface area contributed by atoms with Crippen LogP contribution in [-0.2, 0) is 16.0 Å². The van der Waals surface area contributed by atoms with Crippen molar-refractivity contribution in [2.75, 3.05) is 6.61 Å². The maximum Gasteiger partial charge on any atom is 0.307 e. The van der Waals surface area contributed by atoms with Crippen LogP contribution in [0.3, 0.4) is 0 Å². The highest BCUT2D eigenvalue weighted by atomic mass is 79.9.